The third kappa shape index (κ3) is 1.98. The molecule has 0 saturated carbocycles. The number of rotatable bonds is 1. The molecule has 0 aliphatic heterocycles. The van der Waals surface area contributed by atoms with Gasteiger partial charge in [-0.2, -0.15) is 13.2 Å². The van der Waals surface area contributed by atoms with Crippen LogP contribution >= 0.6 is 0 Å². The van der Waals surface area contributed by atoms with Crippen molar-refractivity contribution in [3.63, 3.8) is 0 Å². The molecular weight excluding hydrogens is 187 g/mol. The number of nitrogens with zero attached hydrogens (tertiary/aromatic N) is 2. The van der Waals surface area contributed by atoms with Crippen molar-refractivity contribution in [2.75, 3.05) is 11.9 Å². The highest BCUT2D eigenvalue weighted by Gasteiger charge is 2.42. The Labute approximate surface area is 71.4 Å². The number of alkyl halides is 3. The molecule has 1 rings (SSSR count). The van der Waals surface area contributed by atoms with E-state index >= 15 is 0 Å². The topological polar surface area (TPSA) is 49.0 Å². The van der Waals surface area contributed by atoms with E-state index in [1.54, 1.807) is 0 Å². The number of imidazole rings is 1. The first kappa shape index (κ1) is 9.56. The van der Waals surface area contributed by atoms with E-state index in [9.17, 15) is 18.0 Å². The maximum atomic E-state index is 11.9. The molecule has 0 aromatic carbocycles. The van der Waals surface area contributed by atoms with Crippen LogP contribution in [0.2, 0.25) is 0 Å². The van der Waals surface area contributed by atoms with Gasteiger partial charge in [-0.05, 0) is 0 Å². The lowest BCUT2D eigenvalue weighted by Crippen LogP contribution is -2.39. The predicted octanol–water partition coefficient (Wildman–Crippen LogP) is 0.935. The van der Waals surface area contributed by atoms with Crippen molar-refractivity contribution in [3.05, 3.63) is 12.4 Å². The van der Waals surface area contributed by atoms with Crippen LogP contribution in [0.4, 0.5) is 19.1 Å². The Morgan fingerprint density at radius 3 is 2.62 bits per heavy atom. The zero-order valence-electron chi connectivity index (χ0n) is 6.59. The van der Waals surface area contributed by atoms with Crippen LogP contribution in [0.25, 0.3) is 0 Å². The minimum atomic E-state index is -4.87. The van der Waals surface area contributed by atoms with E-state index in [0.717, 1.165) is 7.05 Å². The molecule has 0 aliphatic carbocycles. The Hall–Kier alpha value is -1.53. The Morgan fingerprint density at radius 1 is 1.62 bits per heavy atom. The summed E-state index contributed by atoms with van der Waals surface area (Å²) in [6, 6.07) is 0. The number of aromatic amines is 1. The maximum Gasteiger partial charge on any atom is 0.471 e. The normalized spacial score (nSPS) is 11.4. The fourth-order valence-corrected chi connectivity index (χ4v) is 0.727. The number of halogens is 3. The molecule has 0 radical (unpaired) electrons. The van der Waals surface area contributed by atoms with E-state index in [0.29, 0.717) is 4.90 Å². The van der Waals surface area contributed by atoms with Crippen molar-refractivity contribution in [2.45, 2.75) is 6.18 Å². The smallest absolute Gasteiger partial charge is 0.331 e. The molecular formula is C6H6F3N3O. The van der Waals surface area contributed by atoms with Gasteiger partial charge in [0.2, 0.25) is 5.95 Å². The van der Waals surface area contributed by atoms with Crippen LogP contribution < -0.4 is 4.90 Å². The van der Waals surface area contributed by atoms with Gasteiger partial charge >= 0.3 is 12.1 Å². The minimum Gasteiger partial charge on any atom is -0.331 e. The summed E-state index contributed by atoms with van der Waals surface area (Å²) in [6.45, 7) is 0. The average molecular weight is 193 g/mol. The average Bonchev–Trinajstić information content (AvgIpc) is 2.51. The number of hydrogen-bond acceptors (Lipinski definition) is 2. The molecule has 0 unspecified atom stereocenters. The Bertz CT molecular complexity index is 293. The van der Waals surface area contributed by atoms with Gasteiger partial charge in [-0.1, -0.05) is 0 Å². The van der Waals surface area contributed by atoms with Crippen molar-refractivity contribution >= 4 is 11.9 Å². The van der Waals surface area contributed by atoms with Crippen LogP contribution in [-0.2, 0) is 4.79 Å². The number of anilines is 1. The molecule has 1 aromatic heterocycles. The summed E-state index contributed by atoms with van der Waals surface area (Å²) in [5, 5.41) is 0. The quantitative estimate of drug-likeness (QED) is 0.721. The SMILES string of the molecule is CN(C(=O)C(F)(F)F)c1ncc[nH]1. The van der Waals surface area contributed by atoms with E-state index < -0.39 is 12.1 Å². The van der Waals surface area contributed by atoms with Crippen LogP contribution in [0.15, 0.2) is 12.4 Å². The number of amides is 1. The summed E-state index contributed by atoms with van der Waals surface area (Å²) in [5.74, 6) is -2.09. The minimum absolute atomic E-state index is 0.137. The monoisotopic (exact) mass is 193 g/mol. The third-order valence-electron chi connectivity index (χ3n) is 1.35. The van der Waals surface area contributed by atoms with E-state index in [4.69, 9.17) is 0 Å². The maximum absolute atomic E-state index is 11.9. The second kappa shape index (κ2) is 3.08. The van der Waals surface area contributed by atoms with Gasteiger partial charge in [-0.15, -0.1) is 0 Å². The van der Waals surface area contributed by atoms with E-state index in [1.807, 2.05) is 0 Å². The highest BCUT2D eigenvalue weighted by molar-refractivity contribution is 5.95. The molecule has 1 amide bonds. The second-order valence-corrected chi connectivity index (χ2v) is 2.27. The van der Waals surface area contributed by atoms with Gasteiger partial charge in [0.25, 0.3) is 0 Å². The molecule has 1 heterocycles. The summed E-state index contributed by atoms with van der Waals surface area (Å²) in [7, 11) is 0.995. The predicted molar refractivity (Wildman–Crippen MR) is 38.1 cm³/mol. The number of nitrogens with one attached hydrogen (secondary N) is 1. The van der Waals surface area contributed by atoms with Crippen molar-refractivity contribution in [1.82, 2.24) is 9.97 Å². The number of H-pyrrole nitrogens is 1. The summed E-state index contributed by atoms with van der Waals surface area (Å²) < 4.78 is 35.6. The van der Waals surface area contributed by atoms with E-state index in [1.165, 1.54) is 12.4 Å². The summed E-state index contributed by atoms with van der Waals surface area (Å²) >= 11 is 0. The Kier molecular flexibility index (Phi) is 2.26. The molecule has 0 fully saturated rings. The van der Waals surface area contributed by atoms with Gasteiger partial charge in [0.15, 0.2) is 0 Å². The van der Waals surface area contributed by atoms with Gasteiger partial charge in [0.1, 0.15) is 0 Å². The highest BCUT2D eigenvalue weighted by Crippen LogP contribution is 2.19. The van der Waals surface area contributed by atoms with Crippen molar-refractivity contribution < 1.29 is 18.0 Å². The number of aromatic nitrogens is 2. The molecule has 4 nitrogen and oxygen atoms in total. The van der Waals surface area contributed by atoms with Crippen molar-refractivity contribution in [2.24, 2.45) is 0 Å². The fraction of sp³-hybridized carbons (Fsp3) is 0.333. The molecule has 0 bridgehead atoms. The Morgan fingerprint density at radius 2 is 2.23 bits per heavy atom. The van der Waals surface area contributed by atoms with E-state index in [-0.39, 0.29) is 5.95 Å². The lowest BCUT2D eigenvalue weighted by molar-refractivity contribution is -0.170. The number of hydrogen-bond donors (Lipinski definition) is 1. The van der Waals surface area contributed by atoms with Crippen LogP contribution in [-0.4, -0.2) is 29.1 Å². The van der Waals surface area contributed by atoms with Gasteiger partial charge in [-0.3, -0.25) is 9.69 Å². The van der Waals surface area contributed by atoms with Crippen molar-refractivity contribution in [1.29, 1.82) is 0 Å². The number of carbonyl (C=O) groups excluding carboxylic acids is 1. The zero-order valence-corrected chi connectivity index (χ0v) is 6.59. The van der Waals surface area contributed by atoms with Crippen LogP contribution in [0.5, 0.6) is 0 Å². The number of carbonyl (C=O) groups is 1. The lowest BCUT2D eigenvalue weighted by Gasteiger charge is -2.15. The second-order valence-electron chi connectivity index (χ2n) is 2.27. The largest absolute Gasteiger partial charge is 0.471 e. The van der Waals surface area contributed by atoms with E-state index in [2.05, 4.69) is 9.97 Å². The third-order valence-corrected chi connectivity index (χ3v) is 1.35. The van der Waals surface area contributed by atoms with Crippen LogP contribution in [0.1, 0.15) is 0 Å². The van der Waals surface area contributed by atoms with Gasteiger partial charge < -0.3 is 4.98 Å². The molecule has 7 heteroatoms. The molecule has 1 aromatic rings. The highest BCUT2D eigenvalue weighted by atomic mass is 19.4. The van der Waals surface area contributed by atoms with Crippen molar-refractivity contribution in [3.8, 4) is 0 Å². The van der Waals surface area contributed by atoms with Crippen LogP contribution in [0, 0.1) is 0 Å². The summed E-state index contributed by atoms with van der Waals surface area (Å²) in [5.41, 5.74) is 0. The first-order chi connectivity index (χ1) is 5.93. The first-order valence-electron chi connectivity index (χ1n) is 3.27. The first-order valence-corrected chi connectivity index (χ1v) is 3.27. The lowest BCUT2D eigenvalue weighted by atomic mass is 10.5. The molecule has 13 heavy (non-hydrogen) atoms. The summed E-state index contributed by atoms with van der Waals surface area (Å²) in [4.78, 5) is 16.9. The molecule has 72 valence electrons. The summed E-state index contributed by atoms with van der Waals surface area (Å²) in [6.07, 6.45) is -2.29. The molecule has 1 N–H and O–H groups in total. The molecule has 0 saturated heterocycles. The zero-order chi connectivity index (χ0) is 10.1. The molecule has 0 spiro atoms. The molecule has 0 atom stereocenters. The van der Waals surface area contributed by atoms with Gasteiger partial charge in [-0.25, -0.2) is 4.98 Å². The standard InChI is InChI=1S/C6H6F3N3O/c1-12(4(13)6(7,8)9)5-10-2-3-11-5/h2-3H,1H3,(H,10,11). The Balaban J connectivity index is 2.81. The van der Waals surface area contributed by atoms with Gasteiger partial charge in [0, 0.05) is 19.4 Å². The molecule has 0 aliphatic rings. The van der Waals surface area contributed by atoms with Gasteiger partial charge in [0.05, 0.1) is 0 Å². The van der Waals surface area contributed by atoms with Crippen LogP contribution in [0.3, 0.4) is 0 Å². The fourth-order valence-electron chi connectivity index (χ4n) is 0.727.